The van der Waals surface area contributed by atoms with E-state index in [1.807, 2.05) is 22.7 Å². The highest BCUT2D eigenvalue weighted by Gasteiger charge is 2.19. The summed E-state index contributed by atoms with van der Waals surface area (Å²) in [5, 5.41) is 13.1. The first kappa shape index (κ1) is 28.1. The molecule has 2 aromatic heterocycles. The topological polar surface area (TPSA) is 0 Å². The molecular weight excluding hydrogens is 641 g/mol. The number of rotatable bonds is 3. The minimum Gasteiger partial charge on any atom is -0.134 e. The van der Waals surface area contributed by atoms with E-state index in [2.05, 4.69) is 170 Å². The van der Waals surface area contributed by atoms with E-state index in [0.717, 1.165) is 0 Å². The molecule has 0 radical (unpaired) electrons. The average Bonchev–Trinajstić information content (AvgIpc) is 3.75. The van der Waals surface area contributed by atoms with Crippen molar-refractivity contribution in [3.8, 4) is 33.4 Å². The molecule has 0 bridgehead atoms. The van der Waals surface area contributed by atoms with E-state index in [4.69, 9.17) is 0 Å². The molecule has 0 atom stereocenters. The molecule has 50 heavy (non-hydrogen) atoms. The van der Waals surface area contributed by atoms with Gasteiger partial charge in [0.05, 0.1) is 9.40 Å². The second kappa shape index (κ2) is 10.9. The Morgan fingerprint density at radius 2 is 0.740 bits per heavy atom. The lowest BCUT2D eigenvalue weighted by Crippen LogP contribution is -1.91. The second-order valence-corrected chi connectivity index (χ2v) is 15.3. The van der Waals surface area contributed by atoms with E-state index >= 15 is 0 Å². The van der Waals surface area contributed by atoms with Crippen LogP contribution in [-0.2, 0) is 0 Å². The fourth-order valence-electron chi connectivity index (χ4n) is 8.15. The summed E-state index contributed by atoms with van der Waals surface area (Å²) in [6, 6.07) is 63.0. The lowest BCUT2D eigenvalue weighted by molar-refractivity contribution is 1.63. The molecule has 232 valence electrons. The van der Waals surface area contributed by atoms with Gasteiger partial charge in [0.25, 0.3) is 0 Å². The van der Waals surface area contributed by atoms with Gasteiger partial charge in [0.2, 0.25) is 0 Å². The van der Waals surface area contributed by atoms with E-state index in [1.54, 1.807) is 0 Å². The molecule has 11 aromatic rings. The second-order valence-electron chi connectivity index (χ2n) is 13.2. The third-order valence-corrected chi connectivity index (χ3v) is 13.0. The average molecular weight is 669 g/mol. The summed E-state index contributed by atoms with van der Waals surface area (Å²) in [5.41, 5.74) is 7.56. The van der Waals surface area contributed by atoms with Gasteiger partial charge in [-0.25, -0.2) is 0 Å². The van der Waals surface area contributed by atoms with Crippen LogP contribution >= 0.6 is 22.7 Å². The van der Waals surface area contributed by atoms with Gasteiger partial charge >= 0.3 is 0 Å². The largest absolute Gasteiger partial charge is 0.134 e. The quantitative estimate of drug-likeness (QED) is 0.164. The van der Waals surface area contributed by atoms with Crippen molar-refractivity contribution < 1.29 is 0 Å². The van der Waals surface area contributed by atoms with E-state index in [0.29, 0.717) is 0 Å². The van der Waals surface area contributed by atoms with Gasteiger partial charge in [0.1, 0.15) is 0 Å². The molecular formula is C48H28S2. The van der Waals surface area contributed by atoms with Crippen molar-refractivity contribution in [3.05, 3.63) is 170 Å². The maximum absolute atomic E-state index is 2.44. The smallest absolute Gasteiger partial charge is 0.0534 e. The van der Waals surface area contributed by atoms with Gasteiger partial charge in [-0.1, -0.05) is 146 Å². The third kappa shape index (κ3) is 4.16. The van der Waals surface area contributed by atoms with Crippen LogP contribution in [0.15, 0.2) is 170 Å². The molecule has 0 N–H and O–H groups in total. The predicted molar refractivity (Wildman–Crippen MR) is 221 cm³/mol. The summed E-state index contributed by atoms with van der Waals surface area (Å²) in [6.45, 7) is 0. The van der Waals surface area contributed by atoms with Gasteiger partial charge in [-0.3, -0.25) is 0 Å². The van der Waals surface area contributed by atoms with Crippen molar-refractivity contribution in [1.29, 1.82) is 0 Å². The van der Waals surface area contributed by atoms with Crippen molar-refractivity contribution in [2.24, 2.45) is 0 Å². The maximum atomic E-state index is 2.44. The molecule has 0 saturated heterocycles. The first-order chi connectivity index (χ1) is 24.8. The predicted octanol–water partition coefficient (Wildman–Crippen LogP) is 14.9. The Balaban J connectivity index is 1.13. The summed E-state index contributed by atoms with van der Waals surface area (Å²) in [7, 11) is 0. The molecule has 0 fully saturated rings. The molecule has 0 aliphatic heterocycles. The van der Waals surface area contributed by atoms with Crippen LogP contribution in [0, 0.1) is 0 Å². The molecule has 0 aliphatic rings. The SMILES string of the molecule is c1cc(-c2ccc3ccccc3c2)cc(-c2c3ccccc3c(-c3ccc4c(c3)sc3c4ccc4c5ccccc5sc43)c3ccccc23)c1. The Kier molecular flexibility index (Phi) is 6.09. The third-order valence-electron chi connectivity index (χ3n) is 10.4. The van der Waals surface area contributed by atoms with Crippen LogP contribution in [0.3, 0.4) is 0 Å². The van der Waals surface area contributed by atoms with E-state index < -0.39 is 0 Å². The number of fused-ring (bicyclic) bond motifs is 10. The number of benzene rings is 9. The monoisotopic (exact) mass is 668 g/mol. The highest BCUT2D eigenvalue weighted by Crippen LogP contribution is 2.48. The molecule has 2 heterocycles. The van der Waals surface area contributed by atoms with Crippen molar-refractivity contribution in [2.45, 2.75) is 0 Å². The Labute approximate surface area is 297 Å². The lowest BCUT2D eigenvalue weighted by Gasteiger charge is -2.18. The van der Waals surface area contributed by atoms with Crippen LogP contribution in [0.25, 0.3) is 106 Å². The van der Waals surface area contributed by atoms with Gasteiger partial charge in [-0.2, -0.15) is 0 Å². The maximum Gasteiger partial charge on any atom is 0.0534 e. The summed E-state index contributed by atoms with van der Waals surface area (Å²) >= 11 is 3.86. The Bertz CT molecular complexity index is 3100. The molecule has 0 saturated carbocycles. The van der Waals surface area contributed by atoms with Crippen LogP contribution < -0.4 is 0 Å². The van der Waals surface area contributed by atoms with E-state index in [9.17, 15) is 0 Å². The molecule has 11 rings (SSSR count). The fraction of sp³-hybridized carbons (Fsp3) is 0. The zero-order valence-corrected chi connectivity index (χ0v) is 28.6. The minimum atomic E-state index is 1.23. The highest BCUT2D eigenvalue weighted by molar-refractivity contribution is 7.33. The van der Waals surface area contributed by atoms with Crippen molar-refractivity contribution >= 4 is 95.3 Å². The Morgan fingerprint density at radius 1 is 0.260 bits per heavy atom. The zero-order chi connectivity index (χ0) is 32.8. The Morgan fingerprint density at radius 3 is 1.44 bits per heavy atom. The molecule has 9 aromatic carbocycles. The van der Waals surface area contributed by atoms with E-state index in [1.165, 1.54) is 106 Å². The van der Waals surface area contributed by atoms with Crippen LogP contribution in [0.2, 0.25) is 0 Å². The van der Waals surface area contributed by atoms with Crippen molar-refractivity contribution in [1.82, 2.24) is 0 Å². The normalized spacial score (nSPS) is 12.0. The Hall–Kier alpha value is -5.80. The number of hydrogen-bond donors (Lipinski definition) is 0. The number of thiophene rings is 2. The summed E-state index contributed by atoms with van der Waals surface area (Å²) in [4.78, 5) is 0. The van der Waals surface area contributed by atoms with Crippen LogP contribution in [0.5, 0.6) is 0 Å². The fourth-order valence-corrected chi connectivity index (χ4v) is 10.7. The van der Waals surface area contributed by atoms with Crippen molar-refractivity contribution in [2.75, 3.05) is 0 Å². The lowest BCUT2D eigenvalue weighted by atomic mass is 9.85. The molecule has 0 unspecified atom stereocenters. The van der Waals surface area contributed by atoms with Gasteiger partial charge in [0.15, 0.2) is 0 Å². The summed E-state index contributed by atoms with van der Waals surface area (Å²) in [5.74, 6) is 0. The number of hydrogen-bond acceptors (Lipinski definition) is 2. The minimum absolute atomic E-state index is 1.23. The molecule has 2 heteroatoms. The molecule has 0 nitrogen and oxygen atoms in total. The first-order valence-electron chi connectivity index (χ1n) is 17.1. The van der Waals surface area contributed by atoms with Crippen LogP contribution in [0.4, 0.5) is 0 Å². The van der Waals surface area contributed by atoms with Crippen LogP contribution in [-0.4, -0.2) is 0 Å². The van der Waals surface area contributed by atoms with Gasteiger partial charge in [-0.05, 0) is 90.0 Å². The van der Waals surface area contributed by atoms with Gasteiger partial charge in [0, 0.05) is 30.9 Å². The van der Waals surface area contributed by atoms with E-state index in [-0.39, 0.29) is 0 Å². The van der Waals surface area contributed by atoms with Gasteiger partial charge in [-0.15, -0.1) is 22.7 Å². The molecule has 0 amide bonds. The first-order valence-corrected chi connectivity index (χ1v) is 18.7. The highest BCUT2D eigenvalue weighted by atomic mass is 32.1. The standard InChI is InChI=1S/C48H28S2/c1-2-11-30-26-32(21-20-29(30)10-1)31-12-9-13-33(27-31)45-37-15-3-5-17-39(37)46(40-18-6-4-16-38(40)45)34-22-23-36-42-25-24-41-35-14-7-8-19-43(35)49-47(41)48(42)50-44(36)28-34/h1-28H. The summed E-state index contributed by atoms with van der Waals surface area (Å²) in [6.07, 6.45) is 0. The van der Waals surface area contributed by atoms with Crippen molar-refractivity contribution in [3.63, 3.8) is 0 Å². The van der Waals surface area contributed by atoms with Crippen LogP contribution in [0.1, 0.15) is 0 Å². The molecule has 0 aliphatic carbocycles. The summed E-state index contributed by atoms with van der Waals surface area (Å²) < 4.78 is 5.49. The molecule has 0 spiro atoms. The van der Waals surface area contributed by atoms with Gasteiger partial charge < -0.3 is 0 Å². The zero-order valence-electron chi connectivity index (χ0n) is 27.0.